The van der Waals surface area contributed by atoms with Crippen molar-refractivity contribution >= 4 is 0 Å². The fourth-order valence-electron chi connectivity index (χ4n) is 2.37. The molecule has 0 aliphatic carbocycles. The maximum absolute atomic E-state index is 5.99. The van der Waals surface area contributed by atoms with Gasteiger partial charge in [-0.2, -0.15) is 0 Å². The van der Waals surface area contributed by atoms with Crippen LogP contribution in [-0.2, 0) is 17.6 Å². The quantitative estimate of drug-likeness (QED) is 0.861. The molecular formula is C17H21NO. The molecule has 19 heavy (non-hydrogen) atoms. The molecule has 2 N–H and O–H groups in total. The van der Waals surface area contributed by atoms with Gasteiger partial charge in [0.2, 0.25) is 0 Å². The lowest BCUT2D eigenvalue weighted by Gasteiger charge is -2.31. The van der Waals surface area contributed by atoms with Crippen LogP contribution in [0.4, 0.5) is 0 Å². The highest BCUT2D eigenvalue weighted by atomic mass is 16.5. The summed E-state index contributed by atoms with van der Waals surface area (Å²) in [7, 11) is 1.75. The molecule has 0 aromatic heterocycles. The molecule has 0 aliphatic heterocycles. The summed E-state index contributed by atoms with van der Waals surface area (Å²) in [6, 6.07) is 20.7. The Bertz CT molecular complexity index is 434. The van der Waals surface area contributed by atoms with Gasteiger partial charge in [0, 0.05) is 26.5 Å². The smallest absolute Gasteiger partial charge is 0.0880 e. The predicted octanol–water partition coefficient (Wildman–Crippen LogP) is 2.82. The predicted molar refractivity (Wildman–Crippen MR) is 79.1 cm³/mol. The number of rotatable bonds is 6. The first-order valence-corrected chi connectivity index (χ1v) is 6.61. The molecule has 0 saturated carbocycles. The van der Waals surface area contributed by atoms with E-state index in [9.17, 15) is 0 Å². The second-order valence-electron chi connectivity index (χ2n) is 4.92. The molecule has 0 heterocycles. The summed E-state index contributed by atoms with van der Waals surface area (Å²) in [6.07, 6.45) is 1.66. The zero-order chi connectivity index (χ0) is 13.6. The van der Waals surface area contributed by atoms with Crippen molar-refractivity contribution in [2.75, 3.05) is 13.7 Å². The van der Waals surface area contributed by atoms with Crippen LogP contribution in [0.3, 0.4) is 0 Å². The molecule has 2 nitrogen and oxygen atoms in total. The van der Waals surface area contributed by atoms with E-state index in [1.807, 2.05) is 12.1 Å². The molecule has 0 aliphatic rings. The minimum Gasteiger partial charge on any atom is -0.376 e. The van der Waals surface area contributed by atoms with Gasteiger partial charge in [0.15, 0.2) is 0 Å². The van der Waals surface area contributed by atoms with Crippen LogP contribution in [0.2, 0.25) is 0 Å². The molecule has 2 aromatic carbocycles. The monoisotopic (exact) mass is 255 g/mol. The normalized spacial score (nSPS) is 11.5. The molecule has 0 atom stereocenters. The van der Waals surface area contributed by atoms with Crippen LogP contribution in [0.5, 0.6) is 0 Å². The first-order valence-electron chi connectivity index (χ1n) is 6.61. The standard InChI is InChI=1S/C17H21NO/c1-19-17(14-18,12-15-8-4-2-5-9-15)13-16-10-6-3-7-11-16/h2-11H,12-14,18H2,1H3. The van der Waals surface area contributed by atoms with Gasteiger partial charge in [-0.1, -0.05) is 60.7 Å². The third-order valence-corrected chi connectivity index (χ3v) is 3.54. The maximum atomic E-state index is 5.99. The minimum atomic E-state index is -0.331. The Morgan fingerprint density at radius 3 is 1.58 bits per heavy atom. The Kier molecular flexibility index (Phi) is 4.72. The SMILES string of the molecule is COC(CN)(Cc1ccccc1)Cc1ccccc1. The van der Waals surface area contributed by atoms with Gasteiger partial charge >= 0.3 is 0 Å². The van der Waals surface area contributed by atoms with Gasteiger partial charge in [-0.3, -0.25) is 0 Å². The van der Waals surface area contributed by atoms with Crippen molar-refractivity contribution < 1.29 is 4.74 Å². The summed E-state index contributed by atoms with van der Waals surface area (Å²) in [5.41, 5.74) is 8.17. The lowest BCUT2D eigenvalue weighted by molar-refractivity contribution is -0.00191. The second kappa shape index (κ2) is 6.50. The summed E-state index contributed by atoms with van der Waals surface area (Å²) >= 11 is 0. The van der Waals surface area contributed by atoms with E-state index in [1.165, 1.54) is 11.1 Å². The van der Waals surface area contributed by atoms with Crippen molar-refractivity contribution in [1.82, 2.24) is 0 Å². The number of hydrogen-bond acceptors (Lipinski definition) is 2. The van der Waals surface area contributed by atoms with Crippen molar-refractivity contribution in [2.45, 2.75) is 18.4 Å². The van der Waals surface area contributed by atoms with Crippen molar-refractivity contribution in [3.63, 3.8) is 0 Å². The minimum absolute atomic E-state index is 0.331. The molecule has 0 amide bonds. The van der Waals surface area contributed by atoms with Gasteiger partial charge in [-0.25, -0.2) is 0 Å². The van der Waals surface area contributed by atoms with Gasteiger partial charge in [-0.05, 0) is 11.1 Å². The maximum Gasteiger partial charge on any atom is 0.0880 e. The lowest BCUT2D eigenvalue weighted by atomic mass is 9.88. The first-order chi connectivity index (χ1) is 9.28. The molecule has 0 bridgehead atoms. The van der Waals surface area contributed by atoms with E-state index in [1.54, 1.807) is 7.11 Å². The van der Waals surface area contributed by atoms with Crippen molar-refractivity contribution in [2.24, 2.45) is 5.73 Å². The average molecular weight is 255 g/mol. The van der Waals surface area contributed by atoms with E-state index in [2.05, 4.69) is 48.5 Å². The number of ether oxygens (including phenoxy) is 1. The number of methoxy groups -OCH3 is 1. The van der Waals surface area contributed by atoms with E-state index < -0.39 is 0 Å². The van der Waals surface area contributed by atoms with E-state index >= 15 is 0 Å². The van der Waals surface area contributed by atoms with Gasteiger partial charge < -0.3 is 10.5 Å². The van der Waals surface area contributed by atoms with Crippen LogP contribution in [0, 0.1) is 0 Å². The highest BCUT2D eigenvalue weighted by Gasteiger charge is 2.28. The van der Waals surface area contributed by atoms with Gasteiger partial charge in [-0.15, -0.1) is 0 Å². The molecule has 0 fully saturated rings. The highest BCUT2D eigenvalue weighted by Crippen LogP contribution is 2.21. The number of nitrogens with two attached hydrogens (primary N) is 1. The molecule has 0 spiro atoms. The Morgan fingerprint density at radius 2 is 1.26 bits per heavy atom. The van der Waals surface area contributed by atoms with Crippen LogP contribution in [0.15, 0.2) is 60.7 Å². The van der Waals surface area contributed by atoms with Gasteiger partial charge in [0.05, 0.1) is 5.60 Å². The highest BCUT2D eigenvalue weighted by molar-refractivity contribution is 5.22. The first kappa shape index (κ1) is 13.8. The zero-order valence-electron chi connectivity index (χ0n) is 11.4. The largest absolute Gasteiger partial charge is 0.376 e. The number of benzene rings is 2. The molecular weight excluding hydrogens is 234 g/mol. The summed E-state index contributed by atoms with van der Waals surface area (Å²) in [4.78, 5) is 0. The second-order valence-corrected chi connectivity index (χ2v) is 4.92. The Labute approximate surface area is 115 Å². The molecule has 2 rings (SSSR count). The van der Waals surface area contributed by atoms with Crippen LogP contribution in [-0.4, -0.2) is 19.3 Å². The summed E-state index contributed by atoms with van der Waals surface area (Å²) in [5, 5.41) is 0. The van der Waals surface area contributed by atoms with E-state index in [0.29, 0.717) is 6.54 Å². The third-order valence-electron chi connectivity index (χ3n) is 3.54. The van der Waals surface area contributed by atoms with Crippen molar-refractivity contribution in [3.05, 3.63) is 71.8 Å². The summed E-state index contributed by atoms with van der Waals surface area (Å²) in [5.74, 6) is 0. The van der Waals surface area contributed by atoms with E-state index in [0.717, 1.165) is 12.8 Å². The fraction of sp³-hybridized carbons (Fsp3) is 0.294. The molecule has 0 saturated heterocycles. The molecule has 2 aromatic rings. The van der Waals surface area contributed by atoms with Crippen molar-refractivity contribution in [1.29, 1.82) is 0 Å². The van der Waals surface area contributed by atoms with Gasteiger partial charge in [0.25, 0.3) is 0 Å². The topological polar surface area (TPSA) is 35.2 Å². The lowest BCUT2D eigenvalue weighted by Crippen LogP contribution is -2.44. The van der Waals surface area contributed by atoms with Crippen LogP contribution >= 0.6 is 0 Å². The Hall–Kier alpha value is -1.64. The zero-order valence-corrected chi connectivity index (χ0v) is 11.4. The molecule has 100 valence electrons. The molecule has 0 radical (unpaired) electrons. The Balaban J connectivity index is 2.18. The average Bonchev–Trinajstić information content (AvgIpc) is 2.48. The van der Waals surface area contributed by atoms with E-state index in [-0.39, 0.29) is 5.60 Å². The summed E-state index contributed by atoms with van der Waals surface area (Å²) < 4.78 is 5.77. The number of hydrogen-bond donors (Lipinski definition) is 1. The van der Waals surface area contributed by atoms with Crippen molar-refractivity contribution in [3.8, 4) is 0 Å². The Morgan fingerprint density at radius 1 is 0.842 bits per heavy atom. The fourth-order valence-corrected chi connectivity index (χ4v) is 2.37. The molecule has 0 unspecified atom stereocenters. The third kappa shape index (κ3) is 3.66. The molecule has 2 heteroatoms. The van der Waals surface area contributed by atoms with Crippen LogP contribution in [0.25, 0.3) is 0 Å². The summed E-state index contributed by atoms with van der Waals surface area (Å²) in [6.45, 7) is 0.507. The van der Waals surface area contributed by atoms with Gasteiger partial charge in [0.1, 0.15) is 0 Å². The van der Waals surface area contributed by atoms with Crippen LogP contribution in [0.1, 0.15) is 11.1 Å². The van der Waals surface area contributed by atoms with E-state index in [4.69, 9.17) is 10.5 Å². The van der Waals surface area contributed by atoms with Crippen LogP contribution < -0.4 is 5.73 Å².